The minimum absolute atomic E-state index is 0.213. The molecule has 0 spiro atoms. The molecule has 0 radical (unpaired) electrons. The Balaban J connectivity index is 2.04. The SMILES string of the molecule is Cc1ccccc1S(=O)(=O)NC1CCN(C(=O)O)CC1. The number of amides is 1. The molecule has 1 aromatic carbocycles. The number of nitrogens with zero attached hydrogens (tertiary/aromatic N) is 1. The molecule has 20 heavy (non-hydrogen) atoms. The average Bonchev–Trinajstić information content (AvgIpc) is 2.39. The lowest BCUT2D eigenvalue weighted by Gasteiger charge is -2.30. The molecule has 0 atom stereocenters. The van der Waals surface area contributed by atoms with Crippen molar-refractivity contribution in [2.45, 2.75) is 30.7 Å². The molecule has 1 aliphatic heterocycles. The van der Waals surface area contributed by atoms with Crippen LogP contribution in [-0.4, -0.2) is 43.6 Å². The smallest absolute Gasteiger partial charge is 0.407 e. The highest BCUT2D eigenvalue weighted by molar-refractivity contribution is 7.89. The van der Waals surface area contributed by atoms with Crippen LogP contribution in [-0.2, 0) is 10.0 Å². The van der Waals surface area contributed by atoms with Gasteiger partial charge >= 0.3 is 6.09 Å². The fourth-order valence-electron chi connectivity index (χ4n) is 2.33. The van der Waals surface area contributed by atoms with Gasteiger partial charge < -0.3 is 10.0 Å². The second-order valence-electron chi connectivity index (χ2n) is 4.93. The van der Waals surface area contributed by atoms with Gasteiger partial charge in [-0.3, -0.25) is 0 Å². The van der Waals surface area contributed by atoms with Crippen LogP contribution >= 0.6 is 0 Å². The summed E-state index contributed by atoms with van der Waals surface area (Å²) in [6.45, 7) is 2.47. The summed E-state index contributed by atoms with van der Waals surface area (Å²) < 4.78 is 27.3. The van der Waals surface area contributed by atoms with E-state index in [1.165, 1.54) is 4.90 Å². The van der Waals surface area contributed by atoms with Crippen molar-refractivity contribution in [1.29, 1.82) is 0 Å². The monoisotopic (exact) mass is 298 g/mol. The number of piperidine rings is 1. The number of hydrogen-bond acceptors (Lipinski definition) is 3. The van der Waals surface area contributed by atoms with Crippen LogP contribution in [0.1, 0.15) is 18.4 Å². The van der Waals surface area contributed by atoms with Crippen LogP contribution in [0.5, 0.6) is 0 Å². The van der Waals surface area contributed by atoms with Crippen molar-refractivity contribution in [3.8, 4) is 0 Å². The first-order valence-electron chi connectivity index (χ1n) is 6.46. The molecule has 1 amide bonds. The number of sulfonamides is 1. The summed E-state index contributed by atoms with van der Waals surface area (Å²) in [4.78, 5) is 12.4. The van der Waals surface area contributed by atoms with Crippen molar-refractivity contribution in [3.05, 3.63) is 29.8 Å². The second-order valence-corrected chi connectivity index (χ2v) is 6.61. The zero-order valence-corrected chi connectivity index (χ0v) is 12.1. The normalized spacial score (nSPS) is 17.1. The quantitative estimate of drug-likeness (QED) is 0.883. The number of benzene rings is 1. The maximum Gasteiger partial charge on any atom is 0.407 e. The fourth-order valence-corrected chi connectivity index (χ4v) is 3.88. The molecule has 1 saturated heterocycles. The Labute approximate surface area is 118 Å². The lowest BCUT2D eigenvalue weighted by Crippen LogP contribution is -2.46. The summed E-state index contributed by atoms with van der Waals surface area (Å²) in [5.74, 6) is 0. The van der Waals surface area contributed by atoms with E-state index >= 15 is 0 Å². The molecule has 6 nitrogen and oxygen atoms in total. The largest absolute Gasteiger partial charge is 0.465 e. The maximum absolute atomic E-state index is 12.3. The van der Waals surface area contributed by atoms with Gasteiger partial charge in [0.2, 0.25) is 10.0 Å². The molecule has 0 aliphatic carbocycles. The van der Waals surface area contributed by atoms with Gasteiger partial charge in [-0.1, -0.05) is 18.2 Å². The molecule has 0 bridgehead atoms. The van der Waals surface area contributed by atoms with E-state index in [9.17, 15) is 13.2 Å². The van der Waals surface area contributed by atoms with Crippen molar-refractivity contribution in [3.63, 3.8) is 0 Å². The Kier molecular flexibility index (Phi) is 4.29. The van der Waals surface area contributed by atoms with Gasteiger partial charge in [0.05, 0.1) is 4.90 Å². The van der Waals surface area contributed by atoms with E-state index in [0.29, 0.717) is 31.5 Å². The zero-order chi connectivity index (χ0) is 14.8. The fraction of sp³-hybridized carbons (Fsp3) is 0.462. The van der Waals surface area contributed by atoms with Crippen molar-refractivity contribution >= 4 is 16.1 Å². The third-order valence-electron chi connectivity index (χ3n) is 3.47. The van der Waals surface area contributed by atoms with Gasteiger partial charge in [-0.2, -0.15) is 0 Å². The predicted octanol–water partition coefficient (Wildman–Crippen LogP) is 1.42. The third-order valence-corrected chi connectivity index (χ3v) is 5.15. The van der Waals surface area contributed by atoms with Crippen LogP contribution in [0.25, 0.3) is 0 Å². The number of likely N-dealkylation sites (tertiary alicyclic amines) is 1. The van der Waals surface area contributed by atoms with Gasteiger partial charge in [0.1, 0.15) is 0 Å². The molecule has 7 heteroatoms. The van der Waals surface area contributed by atoms with E-state index < -0.39 is 16.1 Å². The van der Waals surface area contributed by atoms with Gasteiger partial charge in [0, 0.05) is 19.1 Å². The van der Waals surface area contributed by atoms with Crippen molar-refractivity contribution in [1.82, 2.24) is 9.62 Å². The Bertz CT molecular complexity index is 592. The maximum atomic E-state index is 12.3. The van der Waals surface area contributed by atoms with Gasteiger partial charge in [-0.15, -0.1) is 0 Å². The molecular formula is C13H18N2O4S. The van der Waals surface area contributed by atoms with Crippen LogP contribution < -0.4 is 4.72 Å². The molecule has 2 rings (SSSR count). The highest BCUT2D eigenvalue weighted by atomic mass is 32.2. The zero-order valence-electron chi connectivity index (χ0n) is 11.2. The van der Waals surface area contributed by atoms with E-state index in [1.54, 1.807) is 31.2 Å². The number of carbonyl (C=O) groups is 1. The van der Waals surface area contributed by atoms with Crippen LogP contribution in [0.15, 0.2) is 29.2 Å². The topological polar surface area (TPSA) is 86.7 Å². The Morgan fingerprint density at radius 3 is 2.45 bits per heavy atom. The van der Waals surface area contributed by atoms with Gasteiger partial charge in [0.15, 0.2) is 0 Å². The molecule has 1 fully saturated rings. The first-order chi connectivity index (χ1) is 9.40. The van der Waals surface area contributed by atoms with Crippen molar-refractivity contribution in [2.75, 3.05) is 13.1 Å². The van der Waals surface area contributed by atoms with Crippen LogP contribution in [0.2, 0.25) is 0 Å². The molecule has 0 unspecified atom stereocenters. The molecule has 110 valence electrons. The highest BCUT2D eigenvalue weighted by Gasteiger charge is 2.26. The lowest BCUT2D eigenvalue weighted by atomic mass is 10.1. The standard InChI is InChI=1S/C13H18N2O4S/c1-10-4-2-3-5-12(10)20(18,19)14-11-6-8-15(9-7-11)13(16)17/h2-5,11,14H,6-9H2,1H3,(H,16,17). The molecule has 0 saturated carbocycles. The van der Waals surface area contributed by atoms with Crippen LogP contribution in [0, 0.1) is 6.92 Å². The number of aryl methyl sites for hydroxylation is 1. The van der Waals surface area contributed by atoms with E-state index in [2.05, 4.69) is 4.72 Å². The van der Waals surface area contributed by atoms with Gasteiger partial charge in [-0.25, -0.2) is 17.9 Å². The summed E-state index contributed by atoms with van der Waals surface area (Å²) in [7, 11) is -3.54. The van der Waals surface area contributed by atoms with E-state index in [0.717, 1.165) is 0 Å². The van der Waals surface area contributed by atoms with E-state index in [4.69, 9.17) is 5.11 Å². The molecule has 1 heterocycles. The van der Waals surface area contributed by atoms with E-state index in [-0.39, 0.29) is 10.9 Å². The second kappa shape index (κ2) is 5.80. The Hall–Kier alpha value is -1.60. The summed E-state index contributed by atoms with van der Waals surface area (Å²) in [5.41, 5.74) is 0.697. The first-order valence-corrected chi connectivity index (χ1v) is 7.94. The van der Waals surface area contributed by atoms with Crippen molar-refractivity contribution < 1.29 is 18.3 Å². The number of rotatable bonds is 3. The highest BCUT2D eigenvalue weighted by Crippen LogP contribution is 2.17. The minimum atomic E-state index is -3.54. The number of nitrogens with one attached hydrogen (secondary N) is 1. The molecule has 2 N–H and O–H groups in total. The van der Waals surface area contributed by atoms with E-state index in [1.807, 2.05) is 0 Å². The molecule has 1 aromatic rings. The molecular weight excluding hydrogens is 280 g/mol. The molecule has 0 aromatic heterocycles. The van der Waals surface area contributed by atoms with Crippen LogP contribution in [0.3, 0.4) is 0 Å². The summed E-state index contributed by atoms with van der Waals surface area (Å²) >= 11 is 0. The minimum Gasteiger partial charge on any atom is -0.465 e. The van der Waals surface area contributed by atoms with Crippen molar-refractivity contribution in [2.24, 2.45) is 0 Å². The predicted molar refractivity (Wildman–Crippen MR) is 74.1 cm³/mol. The first kappa shape index (κ1) is 14.8. The average molecular weight is 298 g/mol. The summed E-state index contributed by atoms with van der Waals surface area (Å²) in [6.07, 6.45) is 0.0414. The lowest BCUT2D eigenvalue weighted by molar-refractivity contribution is 0.131. The third kappa shape index (κ3) is 3.29. The number of carboxylic acid groups (broad SMARTS) is 1. The number of hydrogen-bond donors (Lipinski definition) is 2. The Morgan fingerprint density at radius 1 is 1.30 bits per heavy atom. The van der Waals surface area contributed by atoms with Crippen LogP contribution in [0.4, 0.5) is 4.79 Å². The molecule has 1 aliphatic rings. The van der Waals surface area contributed by atoms with Gasteiger partial charge in [0.25, 0.3) is 0 Å². The summed E-state index contributed by atoms with van der Waals surface area (Å²) in [6, 6.07) is 6.59. The Morgan fingerprint density at radius 2 is 1.90 bits per heavy atom. The van der Waals surface area contributed by atoms with Gasteiger partial charge in [-0.05, 0) is 31.4 Å². The summed E-state index contributed by atoms with van der Waals surface area (Å²) in [5, 5.41) is 8.86.